The van der Waals surface area contributed by atoms with E-state index in [0.717, 1.165) is 19.5 Å². The molecule has 1 unspecified atom stereocenters. The van der Waals surface area contributed by atoms with Gasteiger partial charge in [-0.1, -0.05) is 20.8 Å². The second-order valence-corrected chi connectivity index (χ2v) is 5.29. The molecule has 1 fully saturated rings. The van der Waals surface area contributed by atoms with Gasteiger partial charge in [0.05, 0.1) is 5.92 Å². The summed E-state index contributed by atoms with van der Waals surface area (Å²) in [7, 11) is 0. The number of amides is 1. The van der Waals surface area contributed by atoms with Crippen LogP contribution >= 0.6 is 0 Å². The van der Waals surface area contributed by atoms with E-state index < -0.39 is 0 Å². The van der Waals surface area contributed by atoms with Crippen LogP contribution in [-0.4, -0.2) is 25.0 Å². The quantitative estimate of drug-likeness (QED) is 0.699. The summed E-state index contributed by atoms with van der Waals surface area (Å²) in [5.74, 6) is 0.386. The minimum absolute atomic E-state index is 0.141. The van der Waals surface area contributed by atoms with Crippen LogP contribution in [0.25, 0.3) is 0 Å². The molecule has 1 rings (SSSR count). The summed E-state index contributed by atoms with van der Waals surface area (Å²) < 4.78 is 0. The highest BCUT2D eigenvalue weighted by atomic mass is 16.2. The molecule has 1 saturated heterocycles. The number of hydrogen-bond acceptors (Lipinski definition) is 2. The van der Waals surface area contributed by atoms with Crippen molar-refractivity contribution >= 4 is 5.91 Å². The van der Waals surface area contributed by atoms with Crippen LogP contribution in [0.2, 0.25) is 0 Å². The van der Waals surface area contributed by atoms with Gasteiger partial charge >= 0.3 is 0 Å². The summed E-state index contributed by atoms with van der Waals surface area (Å²) in [6, 6.07) is 0.232. The molecule has 0 aromatic rings. The zero-order chi connectivity index (χ0) is 10.8. The Labute approximate surface area is 86.6 Å². The van der Waals surface area contributed by atoms with Crippen LogP contribution in [0.4, 0.5) is 0 Å². The maximum absolute atomic E-state index is 11.8. The van der Waals surface area contributed by atoms with Crippen LogP contribution in [0.15, 0.2) is 0 Å². The SMILES string of the molecule is CC(NC(=O)[C@H]1CCNC1)C(C)(C)C. The summed E-state index contributed by atoms with van der Waals surface area (Å²) >= 11 is 0. The van der Waals surface area contributed by atoms with Crippen molar-refractivity contribution in [3.8, 4) is 0 Å². The molecule has 14 heavy (non-hydrogen) atoms. The highest BCUT2D eigenvalue weighted by Crippen LogP contribution is 2.19. The predicted octanol–water partition coefficient (Wildman–Crippen LogP) is 1.15. The predicted molar refractivity (Wildman–Crippen MR) is 58.0 cm³/mol. The Hall–Kier alpha value is -0.570. The molecule has 0 saturated carbocycles. The Kier molecular flexibility index (Phi) is 3.53. The van der Waals surface area contributed by atoms with Crippen LogP contribution in [0.3, 0.4) is 0 Å². The average Bonchev–Trinajstić information content (AvgIpc) is 2.53. The number of rotatable bonds is 2. The lowest BCUT2D eigenvalue weighted by Crippen LogP contribution is -2.44. The van der Waals surface area contributed by atoms with E-state index in [1.807, 2.05) is 0 Å². The van der Waals surface area contributed by atoms with Crippen molar-refractivity contribution in [1.29, 1.82) is 0 Å². The summed E-state index contributed by atoms with van der Waals surface area (Å²) in [6.07, 6.45) is 0.975. The van der Waals surface area contributed by atoms with Crippen molar-refractivity contribution in [2.75, 3.05) is 13.1 Å². The largest absolute Gasteiger partial charge is 0.353 e. The number of hydrogen-bond donors (Lipinski definition) is 2. The van der Waals surface area contributed by atoms with E-state index >= 15 is 0 Å². The van der Waals surface area contributed by atoms with Gasteiger partial charge in [-0.05, 0) is 25.3 Å². The fourth-order valence-electron chi connectivity index (χ4n) is 1.43. The van der Waals surface area contributed by atoms with Crippen LogP contribution in [0.5, 0.6) is 0 Å². The monoisotopic (exact) mass is 198 g/mol. The van der Waals surface area contributed by atoms with Crippen molar-refractivity contribution in [2.24, 2.45) is 11.3 Å². The van der Waals surface area contributed by atoms with E-state index in [1.165, 1.54) is 0 Å². The average molecular weight is 198 g/mol. The molecule has 0 aromatic carbocycles. The fourth-order valence-corrected chi connectivity index (χ4v) is 1.43. The second kappa shape index (κ2) is 4.30. The third-order valence-electron chi connectivity index (χ3n) is 3.09. The first-order chi connectivity index (χ1) is 6.41. The van der Waals surface area contributed by atoms with Gasteiger partial charge in [-0.25, -0.2) is 0 Å². The van der Waals surface area contributed by atoms with E-state index in [1.54, 1.807) is 0 Å². The van der Waals surface area contributed by atoms with Crippen molar-refractivity contribution < 1.29 is 4.79 Å². The first-order valence-corrected chi connectivity index (χ1v) is 5.42. The van der Waals surface area contributed by atoms with Gasteiger partial charge in [-0.2, -0.15) is 0 Å². The van der Waals surface area contributed by atoms with Crippen LogP contribution < -0.4 is 10.6 Å². The molecular formula is C11H22N2O. The molecular weight excluding hydrogens is 176 g/mol. The van der Waals surface area contributed by atoms with Gasteiger partial charge in [-0.3, -0.25) is 4.79 Å². The van der Waals surface area contributed by atoms with E-state index in [-0.39, 0.29) is 23.3 Å². The minimum Gasteiger partial charge on any atom is -0.353 e. The summed E-state index contributed by atoms with van der Waals surface area (Å²) in [6.45, 7) is 10.3. The van der Waals surface area contributed by atoms with Gasteiger partial charge in [0, 0.05) is 12.6 Å². The number of carbonyl (C=O) groups excluding carboxylic acids is 1. The number of carbonyl (C=O) groups is 1. The van der Waals surface area contributed by atoms with Crippen molar-refractivity contribution in [3.63, 3.8) is 0 Å². The highest BCUT2D eigenvalue weighted by Gasteiger charge is 2.27. The fraction of sp³-hybridized carbons (Fsp3) is 0.909. The Balaban J connectivity index is 2.40. The Morgan fingerprint density at radius 3 is 2.57 bits per heavy atom. The van der Waals surface area contributed by atoms with Crippen molar-refractivity contribution in [2.45, 2.75) is 40.2 Å². The standard InChI is InChI=1S/C11H22N2O/c1-8(11(2,3)4)13-10(14)9-5-6-12-7-9/h8-9,12H,5-7H2,1-4H3,(H,13,14)/t8?,9-/m0/s1. The maximum atomic E-state index is 11.8. The topological polar surface area (TPSA) is 41.1 Å². The molecule has 1 aliphatic rings. The number of nitrogens with one attached hydrogen (secondary N) is 2. The molecule has 0 radical (unpaired) electrons. The molecule has 2 atom stereocenters. The Morgan fingerprint density at radius 2 is 2.14 bits per heavy atom. The van der Waals surface area contributed by atoms with Gasteiger partial charge < -0.3 is 10.6 Å². The maximum Gasteiger partial charge on any atom is 0.224 e. The molecule has 3 nitrogen and oxygen atoms in total. The Bertz CT molecular complexity index is 202. The molecule has 1 aliphatic heterocycles. The van der Waals surface area contributed by atoms with Crippen molar-refractivity contribution in [3.05, 3.63) is 0 Å². The molecule has 1 heterocycles. The lowest BCUT2D eigenvalue weighted by atomic mass is 9.87. The van der Waals surface area contributed by atoms with E-state index in [9.17, 15) is 4.79 Å². The lowest BCUT2D eigenvalue weighted by Gasteiger charge is -2.29. The normalized spacial score (nSPS) is 24.7. The van der Waals surface area contributed by atoms with Crippen molar-refractivity contribution in [1.82, 2.24) is 10.6 Å². The van der Waals surface area contributed by atoms with Crippen LogP contribution in [-0.2, 0) is 4.79 Å². The van der Waals surface area contributed by atoms with Gasteiger partial charge in [0.25, 0.3) is 0 Å². The third-order valence-corrected chi connectivity index (χ3v) is 3.09. The first-order valence-electron chi connectivity index (χ1n) is 5.42. The Morgan fingerprint density at radius 1 is 1.50 bits per heavy atom. The summed E-state index contributed by atoms with van der Waals surface area (Å²) in [4.78, 5) is 11.8. The van der Waals surface area contributed by atoms with E-state index in [4.69, 9.17) is 0 Å². The lowest BCUT2D eigenvalue weighted by molar-refractivity contribution is -0.125. The minimum atomic E-state index is 0.141. The first kappa shape index (κ1) is 11.5. The molecule has 1 amide bonds. The molecule has 0 bridgehead atoms. The molecule has 82 valence electrons. The van der Waals surface area contributed by atoms with Crippen LogP contribution in [0.1, 0.15) is 34.1 Å². The van der Waals surface area contributed by atoms with E-state index in [2.05, 4.69) is 38.3 Å². The molecule has 0 aliphatic carbocycles. The van der Waals surface area contributed by atoms with Crippen LogP contribution in [0, 0.1) is 11.3 Å². The van der Waals surface area contributed by atoms with Gasteiger partial charge in [0.15, 0.2) is 0 Å². The van der Waals surface area contributed by atoms with Gasteiger partial charge in [0.2, 0.25) is 5.91 Å². The zero-order valence-corrected chi connectivity index (χ0v) is 9.68. The smallest absolute Gasteiger partial charge is 0.224 e. The molecule has 0 spiro atoms. The molecule has 2 N–H and O–H groups in total. The molecule has 3 heteroatoms. The molecule has 0 aromatic heterocycles. The highest BCUT2D eigenvalue weighted by molar-refractivity contribution is 5.79. The second-order valence-electron chi connectivity index (χ2n) is 5.29. The zero-order valence-electron chi connectivity index (χ0n) is 9.68. The summed E-state index contributed by atoms with van der Waals surface area (Å²) in [5.41, 5.74) is 0.141. The third kappa shape index (κ3) is 2.98. The van der Waals surface area contributed by atoms with Gasteiger partial charge in [-0.15, -0.1) is 0 Å². The van der Waals surface area contributed by atoms with E-state index in [0.29, 0.717) is 0 Å². The van der Waals surface area contributed by atoms with Gasteiger partial charge in [0.1, 0.15) is 0 Å². The summed E-state index contributed by atoms with van der Waals surface area (Å²) in [5, 5.41) is 6.29.